The van der Waals surface area contributed by atoms with Crippen LogP contribution in [0.5, 0.6) is 0 Å². The van der Waals surface area contributed by atoms with Crippen LogP contribution in [0.4, 0.5) is 18.0 Å². The van der Waals surface area contributed by atoms with E-state index >= 15 is 4.39 Å². The summed E-state index contributed by atoms with van der Waals surface area (Å²) in [5.74, 6) is -1.75. The Labute approximate surface area is 221 Å². The molecule has 1 aliphatic rings. The monoisotopic (exact) mass is 544 g/mol. The van der Waals surface area contributed by atoms with E-state index in [0.29, 0.717) is 37.1 Å². The minimum absolute atomic E-state index is 0.103. The van der Waals surface area contributed by atoms with Crippen molar-refractivity contribution < 1.29 is 27.1 Å². The molecule has 0 bridgehead atoms. The van der Waals surface area contributed by atoms with E-state index in [1.807, 2.05) is 20.8 Å². The summed E-state index contributed by atoms with van der Waals surface area (Å²) < 4.78 is 54.0. The lowest BCUT2D eigenvalue weighted by atomic mass is 10.1. The smallest absolute Gasteiger partial charge is 0.410 e. The molecule has 0 saturated carbocycles. The van der Waals surface area contributed by atoms with Crippen molar-refractivity contribution in [1.29, 1.82) is 0 Å². The van der Waals surface area contributed by atoms with E-state index in [1.54, 1.807) is 27.8 Å². The van der Waals surface area contributed by atoms with Gasteiger partial charge in [-0.3, -0.25) is 9.13 Å². The highest BCUT2D eigenvalue weighted by molar-refractivity contribution is 5.72. The quantitative estimate of drug-likeness (QED) is 0.350. The average molecular weight is 545 g/mol. The molecule has 0 atom stereocenters. The molecule has 0 aliphatic carbocycles. The molecule has 1 aliphatic heterocycles. The Morgan fingerprint density at radius 2 is 1.92 bits per heavy atom. The first kappa shape index (κ1) is 26.4. The topological polar surface area (TPSA) is 108 Å². The molecule has 0 N–H and O–H groups in total. The molecular weight excluding hydrogens is 517 g/mol. The van der Waals surface area contributed by atoms with Gasteiger partial charge in [0.1, 0.15) is 11.4 Å². The Kier molecular flexibility index (Phi) is 6.91. The molecule has 1 fully saturated rings. The number of fused-ring (bicyclic) bond motifs is 1. The van der Waals surface area contributed by atoms with Crippen molar-refractivity contribution in [1.82, 2.24) is 29.2 Å². The van der Waals surface area contributed by atoms with Gasteiger partial charge >= 0.3 is 18.2 Å². The number of rotatable bonds is 5. The lowest BCUT2D eigenvalue weighted by Crippen LogP contribution is -2.43. The maximum absolute atomic E-state index is 15.1. The minimum atomic E-state index is -2.93. The highest BCUT2D eigenvalue weighted by atomic mass is 19.3. The third kappa shape index (κ3) is 5.38. The second-order valence-corrected chi connectivity index (χ2v) is 10.3. The number of pyridine rings is 1. The first-order valence-electron chi connectivity index (χ1n) is 12.5. The van der Waals surface area contributed by atoms with Crippen molar-refractivity contribution in [3.63, 3.8) is 0 Å². The molecule has 13 heteroatoms. The standard InChI is InChI=1S/C26H27F3N6O4/c1-26(2,3)39-25(37)33-11-8-17(9-12-33)35-19-5-4-10-30-21(19)34(24(35)36)14-16-7-6-15(13-18(16)27)22-31-32-23(38-22)20(28)29/h4-7,10,13,17,20H,8-9,11-12,14H2,1-3H3. The van der Waals surface area contributed by atoms with Gasteiger partial charge in [0.15, 0.2) is 5.65 Å². The van der Waals surface area contributed by atoms with E-state index in [-0.39, 0.29) is 41.4 Å². The highest BCUT2D eigenvalue weighted by Gasteiger charge is 2.30. The molecule has 0 radical (unpaired) electrons. The number of halogens is 3. The van der Waals surface area contributed by atoms with Crippen molar-refractivity contribution in [3.8, 4) is 11.5 Å². The summed E-state index contributed by atoms with van der Waals surface area (Å²) in [7, 11) is 0. The second-order valence-electron chi connectivity index (χ2n) is 10.3. The summed E-state index contributed by atoms with van der Waals surface area (Å²) in [6.45, 7) is 6.18. The van der Waals surface area contributed by atoms with Crippen LogP contribution in [-0.4, -0.2) is 54.0 Å². The maximum atomic E-state index is 15.1. The predicted molar refractivity (Wildman–Crippen MR) is 134 cm³/mol. The summed E-state index contributed by atoms with van der Waals surface area (Å²) in [4.78, 5) is 32.1. The van der Waals surface area contributed by atoms with Crippen LogP contribution < -0.4 is 5.69 Å². The molecule has 10 nitrogen and oxygen atoms in total. The largest absolute Gasteiger partial charge is 0.444 e. The summed E-state index contributed by atoms with van der Waals surface area (Å²) in [6.07, 6.45) is -0.676. The molecule has 0 spiro atoms. The van der Waals surface area contributed by atoms with Crippen LogP contribution in [0.1, 0.15) is 57.5 Å². The van der Waals surface area contributed by atoms with Crippen LogP contribution in [0.2, 0.25) is 0 Å². The number of piperidine rings is 1. The fourth-order valence-corrected chi connectivity index (χ4v) is 4.66. The van der Waals surface area contributed by atoms with E-state index < -0.39 is 23.7 Å². The third-order valence-electron chi connectivity index (χ3n) is 6.46. The fourth-order valence-electron chi connectivity index (χ4n) is 4.66. The zero-order valence-electron chi connectivity index (χ0n) is 21.6. The fraction of sp³-hybridized carbons (Fsp3) is 0.423. The van der Waals surface area contributed by atoms with Crippen LogP contribution in [0, 0.1) is 5.82 Å². The number of benzene rings is 1. The summed E-state index contributed by atoms with van der Waals surface area (Å²) in [5.41, 5.74) is 0.401. The predicted octanol–water partition coefficient (Wildman–Crippen LogP) is 4.95. The van der Waals surface area contributed by atoms with Gasteiger partial charge in [0.25, 0.3) is 5.89 Å². The van der Waals surface area contributed by atoms with E-state index in [4.69, 9.17) is 9.15 Å². The van der Waals surface area contributed by atoms with Crippen LogP contribution in [-0.2, 0) is 11.3 Å². The number of imidazole rings is 1. The lowest BCUT2D eigenvalue weighted by Gasteiger charge is -2.33. The number of aromatic nitrogens is 5. The summed E-state index contributed by atoms with van der Waals surface area (Å²) in [5, 5.41) is 6.80. The van der Waals surface area contributed by atoms with Crippen molar-refractivity contribution >= 4 is 17.3 Å². The van der Waals surface area contributed by atoms with E-state index in [9.17, 15) is 18.4 Å². The van der Waals surface area contributed by atoms with E-state index in [0.717, 1.165) is 6.07 Å². The van der Waals surface area contributed by atoms with Gasteiger partial charge in [0, 0.05) is 36.5 Å². The van der Waals surface area contributed by atoms with Gasteiger partial charge in [-0.2, -0.15) is 8.78 Å². The number of carbonyl (C=O) groups is 1. The Balaban J connectivity index is 1.39. The van der Waals surface area contributed by atoms with Gasteiger partial charge in [-0.15, -0.1) is 10.2 Å². The van der Waals surface area contributed by atoms with Crippen molar-refractivity contribution in [2.45, 2.75) is 58.2 Å². The van der Waals surface area contributed by atoms with Gasteiger partial charge < -0.3 is 14.1 Å². The summed E-state index contributed by atoms with van der Waals surface area (Å²) >= 11 is 0. The molecule has 1 aromatic carbocycles. The average Bonchev–Trinajstić information content (AvgIpc) is 3.48. The number of ether oxygens (including phenoxy) is 1. The van der Waals surface area contributed by atoms with Gasteiger partial charge in [0.05, 0.1) is 12.1 Å². The first-order valence-corrected chi connectivity index (χ1v) is 12.5. The molecule has 1 saturated heterocycles. The number of alkyl halides is 2. The number of likely N-dealkylation sites (tertiary alicyclic amines) is 1. The van der Waals surface area contributed by atoms with Crippen molar-refractivity contribution in [3.05, 3.63) is 64.3 Å². The zero-order chi connectivity index (χ0) is 27.9. The van der Waals surface area contributed by atoms with Gasteiger partial charge in [-0.1, -0.05) is 6.07 Å². The number of carbonyl (C=O) groups excluding carboxylic acids is 1. The molecule has 4 aromatic rings. The first-order chi connectivity index (χ1) is 18.5. The van der Waals surface area contributed by atoms with Crippen LogP contribution >= 0.6 is 0 Å². The number of hydrogen-bond donors (Lipinski definition) is 0. The van der Waals surface area contributed by atoms with E-state index in [1.165, 1.54) is 16.7 Å². The maximum Gasteiger partial charge on any atom is 0.410 e. The molecule has 39 heavy (non-hydrogen) atoms. The molecular formula is C26H27F3N6O4. The zero-order valence-corrected chi connectivity index (χ0v) is 21.6. The SMILES string of the molecule is CC(C)(C)OC(=O)N1CCC(n2c(=O)n(Cc3ccc(-c4nnc(C(F)F)o4)cc3F)c3ncccc32)CC1. The molecule has 0 unspecified atom stereocenters. The summed E-state index contributed by atoms with van der Waals surface area (Å²) in [6, 6.07) is 7.34. The Hall–Kier alpha value is -4.16. The number of hydrogen-bond acceptors (Lipinski definition) is 7. The van der Waals surface area contributed by atoms with Crippen molar-refractivity contribution in [2.75, 3.05) is 13.1 Å². The van der Waals surface area contributed by atoms with E-state index in [2.05, 4.69) is 15.2 Å². The number of amides is 1. The van der Waals surface area contributed by atoms with Gasteiger partial charge in [0.2, 0.25) is 5.89 Å². The van der Waals surface area contributed by atoms with Crippen LogP contribution in [0.25, 0.3) is 22.6 Å². The molecule has 1 amide bonds. The van der Waals surface area contributed by atoms with Crippen LogP contribution in [0.15, 0.2) is 45.7 Å². The third-order valence-corrected chi connectivity index (χ3v) is 6.46. The Bertz CT molecular complexity index is 1560. The minimum Gasteiger partial charge on any atom is -0.444 e. The van der Waals surface area contributed by atoms with Gasteiger partial charge in [-0.05, 0) is 57.9 Å². The van der Waals surface area contributed by atoms with Crippen molar-refractivity contribution in [2.24, 2.45) is 0 Å². The van der Waals surface area contributed by atoms with Gasteiger partial charge in [-0.25, -0.2) is 19.0 Å². The number of nitrogens with zero attached hydrogens (tertiary/aromatic N) is 6. The molecule has 5 rings (SSSR count). The highest BCUT2D eigenvalue weighted by Crippen LogP contribution is 2.28. The normalized spacial score (nSPS) is 14.9. The van der Waals surface area contributed by atoms with Crippen LogP contribution in [0.3, 0.4) is 0 Å². The Morgan fingerprint density at radius 3 is 2.56 bits per heavy atom. The molecule has 206 valence electrons. The molecule has 4 heterocycles. The Morgan fingerprint density at radius 1 is 1.18 bits per heavy atom. The lowest BCUT2D eigenvalue weighted by molar-refractivity contribution is 0.0188. The second kappa shape index (κ2) is 10.2. The molecule has 3 aromatic heterocycles.